The SMILES string of the molecule is O=C(NCc1ccncc1)C1CC1C(=O)Nc1ccccc1N1CCOCC1. The van der Waals surface area contributed by atoms with E-state index in [0.717, 1.165) is 30.0 Å². The fraction of sp³-hybridized carbons (Fsp3) is 0.381. The van der Waals surface area contributed by atoms with Gasteiger partial charge in [-0.15, -0.1) is 0 Å². The smallest absolute Gasteiger partial charge is 0.228 e. The van der Waals surface area contributed by atoms with Gasteiger partial charge in [0.1, 0.15) is 0 Å². The maximum atomic E-state index is 12.7. The van der Waals surface area contributed by atoms with Crippen LogP contribution >= 0.6 is 0 Å². The Labute approximate surface area is 164 Å². The summed E-state index contributed by atoms with van der Waals surface area (Å²) >= 11 is 0. The molecule has 1 aliphatic heterocycles. The normalized spacial score (nSPS) is 21.1. The van der Waals surface area contributed by atoms with Crippen LogP contribution in [0, 0.1) is 11.8 Å². The molecule has 2 aliphatic rings. The van der Waals surface area contributed by atoms with E-state index < -0.39 is 0 Å². The van der Waals surface area contributed by atoms with Gasteiger partial charge in [-0.2, -0.15) is 0 Å². The van der Waals surface area contributed by atoms with Gasteiger partial charge in [0.25, 0.3) is 0 Å². The Morgan fingerprint density at radius 1 is 1.04 bits per heavy atom. The van der Waals surface area contributed by atoms with Crippen LogP contribution in [-0.4, -0.2) is 43.1 Å². The Hall–Kier alpha value is -2.93. The van der Waals surface area contributed by atoms with Crippen LogP contribution in [0.4, 0.5) is 11.4 Å². The molecule has 7 heteroatoms. The molecule has 2 atom stereocenters. The second kappa shape index (κ2) is 8.39. The summed E-state index contributed by atoms with van der Waals surface area (Å²) in [4.78, 5) is 31.2. The van der Waals surface area contributed by atoms with Crippen molar-refractivity contribution < 1.29 is 14.3 Å². The van der Waals surface area contributed by atoms with Gasteiger partial charge in [-0.3, -0.25) is 14.6 Å². The quantitative estimate of drug-likeness (QED) is 0.799. The van der Waals surface area contributed by atoms with Crippen molar-refractivity contribution in [1.82, 2.24) is 10.3 Å². The molecule has 1 aliphatic carbocycles. The minimum Gasteiger partial charge on any atom is -0.378 e. The molecular formula is C21H24N4O3. The predicted octanol–water partition coefficient (Wildman–Crippen LogP) is 1.81. The number of morpholine rings is 1. The van der Waals surface area contributed by atoms with Crippen LogP contribution in [0.15, 0.2) is 48.8 Å². The van der Waals surface area contributed by atoms with Gasteiger partial charge in [-0.05, 0) is 36.2 Å². The van der Waals surface area contributed by atoms with Gasteiger partial charge in [0, 0.05) is 32.0 Å². The molecule has 1 aromatic carbocycles. The molecule has 2 heterocycles. The number of hydrogen-bond donors (Lipinski definition) is 2. The number of para-hydroxylation sites is 2. The van der Waals surface area contributed by atoms with Crippen molar-refractivity contribution in [3.63, 3.8) is 0 Å². The summed E-state index contributed by atoms with van der Waals surface area (Å²) in [6.07, 6.45) is 3.98. The average Bonchev–Trinajstić information content (AvgIpc) is 3.55. The summed E-state index contributed by atoms with van der Waals surface area (Å²) in [5.74, 6) is -0.684. The number of hydrogen-bond acceptors (Lipinski definition) is 5. The summed E-state index contributed by atoms with van der Waals surface area (Å²) in [6, 6.07) is 11.5. The molecule has 2 amide bonds. The maximum absolute atomic E-state index is 12.7. The highest BCUT2D eigenvalue weighted by atomic mass is 16.5. The first-order valence-corrected chi connectivity index (χ1v) is 9.61. The molecule has 28 heavy (non-hydrogen) atoms. The molecule has 1 saturated heterocycles. The zero-order valence-corrected chi connectivity index (χ0v) is 15.6. The Morgan fingerprint density at radius 2 is 1.75 bits per heavy atom. The van der Waals surface area contributed by atoms with E-state index in [1.165, 1.54) is 0 Å². The molecule has 0 spiro atoms. The van der Waals surface area contributed by atoms with E-state index in [2.05, 4.69) is 20.5 Å². The lowest BCUT2D eigenvalue weighted by atomic mass is 10.2. The summed E-state index contributed by atoms with van der Waals surface area (Å²) in [5, 5.41) is 5.92. The molecule has 0 bridgehead atoms. The maximum Gasteiger partial charge on any atom is 0.228 e. The molecule has 7 nitrogen and oxygen atoms in total. The lowest BCUT2D eigenvalue weighted by Crippen LogP contribution is -2.36. The van der Waals surface area contributed by atoms with Crippen molar-refractivity contribution in [2.45, 2.75) is 13.0 Å². The molecule has 2 fully saturated rings. The van der Waals surface area contributed by atoms with E-state index in [4.69, 9.17) is 4.74 Å². The molecule has 1 aromatic heterocycles. The number of pyridine rings is 1. The molecule has 2 N–H and O–H groups in total. The molecular weight excluding hydrogens is 356 g/mol. The van der Waals surface area contributed by atoms with E-state index in [9.17, 15) is 9.59 Å². The number of nitrogens with one attached hydrogen (secondary N) is 2. The van der Waals surface area contributed by atoms with Crippen molar-refractivity contribution in [3.8, 4) is 0 Å². The van der Waals surface area contributed by atoms with Gasteiger partial charge in [-0.1, -0.05) is 12.1 Å². The molecule has 1 saturated carbocycles. The monoisotopic (exact) mass is 380 g/mol. The van der Waals surface area contributed by atoms with E-state index in [0.29, 0.717) is 26.2 Å². The van der Waals surface area contributed by atoms with Crippen LogP contribution < -0.4 is 15.5 Å². The largest absolute Gasteiger partial charge is 0.378 e. The summed E-state index contributed by atoms with van der Waals surface area (Å²) < 4.78 is 5.41. The first-order valence-electron chi connectivity index (χ1n) is 9.61. The number of carbonyl (C=O) groups excluding carboxylic acids is 2. The van der Waals surface area contributed by atoms with Gasteiger partial charge < -0.3 is 20.3 Å². The molecule has 2 aromatic rings. The third-order valence-corrected chi connectivity index (χ3v) is 5.19. The number of nitrogens with zero attached hydrogens (tertiary/aromatic N) is 2. The van der Waals surface area contributed by atoms with Crippen molar-refractivity contribution in [2.75, 3.05) is 36.5 Å². The number of carbonyl (C=O) groups is 2. The van der Waals surface area contributed by atoms with Gasteiger partial charge in [0.15, 0.2) is 0 Å². The van der Waals surface area contributed by atoms with Crippen molar-refractivity contribution in [2.24, 2.45) is 11.8 Å². The third-order valence-electron chi connectivity index (χ3n) is 5.19. The third kappa shape index (κ3) is 4.31. The van der Waals surface area contributed by atoms with E-state index in [1.54, 1.807) is 12.4 Å². The van der Waals surface area contributed by atoms with Crippen LogP contribution in [0.1, 0.15) is 12.0 Å². The molecule has 146 valence electrons. The lowest BCUT2D eigenvalue weighted by molar-refractivity contribution is -0.125. The summed E-state index contributed by atoms with van der Waals surface area (Å²) in [7, 11) is 0. The van der Waals surface area contributed by atoms with Crippen LogP contribution in [0.3, 0.4) is 0 Å². The van der Waals surface area contributed by atoms with E-state index in [-0.39, 0.29) is 23.7 Å². The highest BCUT2D eigenvalue weighted by Crippen LogP contribution is 2.40. The van der Waals surface area contributed by atoms with Crippen LogP contribution in [0.2, 0.25) is 0 Å². The highest BCUT2D eigenvalue weighted by Gasteiger charge is 2.48. The average molecular weight is 380 g/mol. The number of anilines is 2. The standard InChI is InChI=1S/C21H24N4O3/c26-20(23-14-15-5-7-22-8-6-15)16-13-17(16)21(27)24-18-3-1-2-4-19(18)25-9-11-28-12-10-25/h1-8,16-17H,9-14H2,(H,23,26)(H,24,27). The van der Waals surface area contributed by atoms with Crippen molar-refractivity contribution >= 4 is 23.2 Å². The Balaban J connectivity index is 1.32. The van der Waals surface area contributed by atoms with Gasteiger partial charge in [-0.25, -0.2) is 0 Å². The minimum absolute atomic E-state index is 0.0709. The second-order valence-electron chi connectivity index (χ2n) is 7.13. The Kier molecular flexibility index (Phi) is 5.53. The van der Waals surface area contributed by atoms with Crippen LogP contribution in [0.5, 0.6) is 0 Å². The number of rotatable bonds is 6. The second-order valence-corrected chi connectivity index (χ2v) is 7.13. The number of amides is 2. The molecule has 4 rings (SSSR count). The van der Waals surface area contributed by atoms with Crippen LogP contribution in [0.25, 0.3) is 0 Å². The fourth-order valence-corrected chi connectivity index (χ4v) is 3.48. The van der Waals surface area contributed by atoms with Gasteiger partial charge in [0.05, 0.1) is 36.4 Å². The summed E-state index contributed by atoms with van der Waals surface area (Å²) in [6.45, 7) is 3.42. The van der Waals surface area contributed by atoms with Gasteiger partial charge >= 0.3 is 0 Å². The Morgan fingerprint density at radius 3 is 2.54 bits per heavy atom. The van der Waals surface area contributed by atoms with Crippen LogP contribution in [-0.2, 0) is 20.9 Å². The topological polar surface area (TPSA) is 83.6 Å². The van der Waals surface area contributed by atoms with Crippen molar-refractivity contribution in [1.29, 1.82) is 0 Å². The fourth-order valence-electron chi connectivity index (χ4n) is 3.48. The summed E-state index contributed by atoms with van der Waals surface area (Å²) in [5.41, 5.74) is 2.78. The number of benzene rings is 1. The highest BCUT2D eigenvalue weighted by molar-refractivity contribution is 6.01. The molecule has 2 unspecified atom stereocenters. The zero-order valence-electron chi connectivity index (χ0n) is 15.6. The van der Waals surface area contributed by atoms with Crippen molar-refractivity contribution in [3.05, 3.63) is 54.4 Å². The molecule has 0 radical (unpaired) electrons. The predicted molar refractivity (Wildman–Crippen MR) is 106 cm³/mol. The lowest BCUT2D eigenvalue weighted by Gasteiger charge is -2.30. The van der Waals surface area contributed by atoms with Gasteiger partial charge in [0.2, 0.25) is 11.8 Å². The number of ether oxygens (including phenoxy) is 1. The number of aromatic nitrogens is 1. The zero-order chi connectivity index (χ0) is 19.3. The first kappa shape index (κ1) is 18.4. The Bertz CT molecular complexity index is 837. The van der Waals surface area contributed by atoms with E-state index >= 15 is 0 Å². The van der Waals surface area contributed by atoms with E-state index in [1.807, 2.05) is 36.4 Å². The first-order chi connectivity index (χ1) is 13.7. The minimum atomic E-state index is -0.268.